The molecule has 186 valence electrons. The van der Waals surface area contributed by atoms with Gasteiger partial charge in [0.2, 0.25) is 0 Å². The summed E-state index contributed by atoms with van der Waals surface area (Å²) in [7, 11) is 3.87. The third kappa shape index (κ3) is 4.93. The first-order chi connectivity index (χ1) is 16.9. The average molecular weight is 524 g/mol. The number of carbonyl (C=O) groups is 1. The van der Waals surface area contributed by atoms with Crippen LogP contribution < -0.4 is 15.3 Å². The van der Waals surface area contributed by atoms with Gasteiger partial charge < -0.3 is 14.1 Å². The zero-order valence-corrected chi connectivity index (χ0v) is 21.8. The molecule has 2 aromatic heterocycles. The second-order valence-electron chi connectivity index (χ2n) is 8.47. The van der Waals surface area contributed by atoms with Crippen molar-refractivity contribution in [1.29, 1.82) is 0 Å². The van der Waals surface area contributed by atoms with Crippen molar-refractivity contribution in [3.05, 3.63) is 76.6 Å². The molecule has 7 nitrogen and oxygen atoms in total. The molecule has 1 amide bonds. The maximum absolute atomic E-state index is 13.8. The Morgan fingerprint density at radius 1 is 1.03 bits per heavy atom. The van der Waals surface area contributed by atoms with E-state index in [-0.39, 0.29) is 18.0 Å². The lowest BCUT2D eigenvalue weighted by atomic mass is 10.0. The molecule has 0 radical (unpaired) electrons. The minimum Gasteiger partial charge on any atom is -0.494 e. The predicted octanol–water partition coefficient (Wildman–Crippen LogP) is 5.58. The minimum atomic E-state index is -0.660. The van der Waals surface area contributed by atoms with Crippen molar-refractivity contribution >= 4 is 66.7 Å². The standard InChI is InChI=1S/C27H25N3O4S.ClH/c1-4-33-18-10-11-22-24(15-18)35-27(28-22)30(14-13-29(2)3)25(31)21-16-20-19-8-6-5-7-17(19)9-12-23(20)34-26(21)32;/h5-12,15-16H,4,13-14H2,1-3H3;1H. The van der Waals surface area contributed by atoms with Crippen LogP contribution in [0.15, 0.2) is 69.9 Å². The Kier molecular flexibility index (Phi) is 7.59. The Labute approximate surface area is 218 Å². The molecule has 0 N–H and O–H groups in total. The van der Waals surface area contributed by atoms with Gasteiger partial charge in [0.05, 0.1) is 16.8 Å². The third-order valence-electron chi connectivity index (χ3n) is 5.78. The maximum Gasteiger partial charge on any atom is 0.349 e. The van der Waals surface area contributed by atoms with E-state index in [2.05, 4.69) is 0 Å². The van der Waals surface area contributed by atoms with Gasteiger partial charge in [-0.3, -0.25) is 9.69 Å². The van der Waals surface area contributed by atoms with Gasteiger partial charge in [-0.25, -0.2) is 9.78 Å². The largest absolute Gasteiger partial charge is 0.494 e. The van der Waals surface area contributed by atoms with Crippen LogP contribution in [0.25, 0.3) is 32.0 Å². The fourth-order valence-electron chi connectivity index (χ4n) is 4.01. The van der Waals surface area contributed by atoms with Crippen LogP contribution in [-0.4, -0.2) is 49.6 Å². The predicted molar refractivity (Wildman–Crippen MR) is 148 cm³/mol. The normalized spacial score (nSPS) is 11.2. The maximum atomic E-state index is 13.8. The molecule has 0 aliphatic rings. The van der Waals surface area contributed by atoms with E-state index in [1.807, 2.05) is 74.4 Å². The molecular formula is C27H26ClN3O4S. The van der Waals surface area contributed by atoms with E-state index < -0.39 is 11.5 Å². The van der Waals surface area contributed by atoms with Crippen LogP contribution in [0.3, 0.4) is 0 Å². The van der Waals surface area contributed by atoms with Crippen molar-refractivity contribution < 1.29 is 13.9 Å². The monoisotopic (exact) mass is 523 g/mol. The number of thiazole rings is 1. The minimum absolute atomic E-state index is 0. The van der Waals surface area contributed by atoms with Crippen molar-refractivity contribution in [2.75, 3.05) is 38.7 Å². The zero-order valence-electron chi connectivity index (χ0n) is 20.2. The summed E-state index contributed by atoms with van der Waals surface area (Å²) in [6.45, 7) is 3.48. The van der Waals surface area contributed by atoms with E-state index >= 15 is 0 Å². The van der Waals surface area contributed by atoms with Crippen LogP contribution in [-0.2, 0) is 0 Å². The molecular weight excluding hydrogens is 498 g/mol. The summed E-state index contributed by atoms with van der Waals surface area (Å²) in [5, 5.41) is 3.18. The molecule has 36 heavy (non-hydrogen) atoms. The van der Waals surface area contributed by atoms with E-state index in [1.165, 1.54) is 11.3 Å². The highest BCUT2D eigenvalue weighted by molar-refractivity contribution is 7.22. The number of rotatable bonds is 7. The molecule has 9 heteroatoms. The molecule has 0 saturated heterocycles. The summed E-state index contributed by atoms with van der Waals surface area (Å²) in [6, 6.07) is 18.8. The van der Waals surface area contributed by atoms with Gasteiger partial charge in [-0.2, -0.15) is 0 Å². The topological polar surface area (TPSA) is 75.9 Å². The lowest BCUT2D eigenvalue weighted by molar-refractivity contribution is 0.0982. The molecule has 0 fully saturated rings. The van der Waals surface area contributed by atoms with Crippen molar-refractivity contribution in [2.24, 2.45) is 0 Å². The van der Waals surface area contributed by atoms with Crippen LogP contribution in [0.2, 0.25) is 0 Å². The van der Waals surface area contributed by atoms with E-state index in [9.17, 15) is 9.59 Å². The molecule has 0 aliphatic heterocycles. The Morgan fingerprint density at radius 3 is 2.61 bits per heavy atom. The average Bonchev–Trinajstić information content (AvgIpc) is 3.26. The smallest absolute Gasteiger partial charge is 0.349 e. The number of hydrogen-bond donors (Lipinski definition) is 0. The lowest BCUT2D eigenvalue weighted by Crippen LogP contribution is -2.38. The summed E-state index contributed by atoms with van der Waals surface area (Å²) < 4.78 is 12.1. The summed E-state index contributed by atoms with van der Waals surface area (Å²) in [5.41, 5.74) is 0.551. The van der Waals surface area contributed by atoms with Gasteiger partial charge in [-0.1, -0.05) is 41.7 Å². The molecule has 5 aromatic rings. The Hall–Kier alpha value is -3.46. The molecule has 2 heterocycles. The highest BCUT2D eigenvalue weighted by Gasteiger charge is 2.25. The first kappa shape index (κ1) is 25.6. The molecule has 0 aliphatic carbocycles. The second-order valence-corrected chi connectivity index (χ2v) is 9.47. The number of amides is 1. The van der Waals surface area contributed by atoms with Crippen LogP contribution in [0, 0.1) is 0 Å². The number of anilines is 1. The fourth-order valence-corrected chi connectivity index (χ4v) is 5.03. The summed E-state index contributed by atoms with van der Waals surface area (Å²) in [4.78, 5) is 35.0. The Morgan fingerprint density at radius 2 is 1.83 bits per heavy atom. The number of likely N-dealkylation sites (N-methyl/N-ethyl adjacent to an activating group) is 1. The van der Waals surface area contributed by atoms with Crippen LogP contribution >= 0.6 is 23.7 Å². The second kappa shape index (κ2) is 10.7. The van der Waals surface area contributed by atoms with Gasteiger partial charge in [-0.05, 0) is 62.1 Å². The molecule has 0 bridgehead atoms. The first-order valence-corrected chi connectivity index (χ1v) is 12.2. The number of benzene rings is 3. The van der Waals surface area contributed by atoms with Crippen LogP contribution in [0.1, 0.15) is 17.3 Å². The number of fused-ring (bicyclic) bond motifs is 4. The SMILES string of the molecule is CCOc1ccc2nc(N(CCN(C)C)C(=O)c3cc4c(ccc5ccccc54)oc3=O)sc2c1.Cl. The number of halogens is 1. The molecule has 0 saturated carbocycles. The molecule has 0 spiro atoms. The molecule has 3 aromatic carbocycles. The van der Waals surface area contributed by atoms with Gasteiger partial charge >= 0.3 is 5.63 Å². The van der Waals surface area contributed by atoms with Gasteiger partial charge in [-0.15, -0.1) is 12.4 Å². The summed E-state index contributed by atoms with van der Waals surface area (Å²) in [6.07, 6.45) is 0. The number of carbonyl (C=O) groups excluding carboxylic acids is 1. The van der Waals surface area contributed by atoms with Crippen molar-refractivity contribution in [2.45, 2.75) is 6.92 Å². The zero-order chi connectivity index (χ0) is 24.5. The van der Waals surface area contributed by atoms with Crippen molar-refractivity contribution in [1.82, 2.24) is 9.88 Å². The van der Waals surface area contributed by atoms with E-state index in [1.54, 1.807) is 17.0 Å². The molecule has 5 rings (SSSR count). The Bertz CT molecular complexity index is 1610. The van der Waals surface area contributed by atoms with Crippen LogP contribution in [0.5, 0.6) is 5.75 Å². The van der Waals surface area contributed by atoms with Gasteiger partial charge in [0.25, 0.3) is 5.91 Å². The Balaban J connectivity index is 0.00000304. The van der Waals surface area contributed by atoms with E-state index in [0.717, 1.165) is 32.1 Å². The fraction of sp³-hybridized carbons (Fsp3) is 0.222. The van der Waals surface area contributed by atoms with Gasteiger partial charge in [0.1, 0.15) is 16.9 Å². The van der Waals surface area contributed by atoms with E-state index in [0.29, 0.717) is 30.4 Å². The molecule has 0 atom stereocenters. The first-order valence-electron chi connectivity index (χ1n) is 11.4. The quantitative estimate of drug-likeness (QED) is 0.204. The number of nitrogens with zero attached hydrogens (tertiary/aromatic N) is 3. The lowest BCUT2D eigenvalue weighted by Gasteiger charge is -2.21. The summed E-state index contributed by atoms with van der Waals surface area (Å²) in [5.74, 6) is 0.322. The number of hydrogen-bond acceptors (Lipinski definition) is 7. The van der Waals surface area contributed by atoms with Gasteiger partial charge in [0, 0.05) is 18.5 Å². The van der Waals surface area contributed by atoms with Gasteiger partial charge in [0.15, 0.2) is 5.13 Å². The number of ether oxygens (including phenoxy) is 1. The highest BCUT2D eigenvalue weighted by Crippen LogP contribution is 2.32. The van der Waals surface area contributed by atoms with Crippen molar-refractivity contribution in [3.8, 4) is 5.75 Å². The van der Waals surface area contributed by atoms with Crippen molar-refractivity contribution in [3.63, 3.8) is 0 Å². The van der Waals surface area contributed by atoms with Crippen LogP contribution in [0.4, 0.5) is 5.13 Å². The molecule has 0 unspecified atom stereocenters. The number of aromatic nitrogens is 1. The highest BCUT2D eigenvalue weighted by atomic mass is 35.5. The third-order valence-corrected chi connectivity index (χ3v) is 6.82. The summed E-state index contributed by atoms with van der Waals surface area (Å²) >= 11 is 1.39. The van der Waals surface area contributed by atoms with E-state index in [4.69, 9.17) is 14.1 Å².